The van der Waals surface area contributed by atoms with Crippen LogP contribution < -0.4 is 10.6 Å². The maximum atomic E-state index is 12.4. The summed E-state index contributed by atoms with van der Waals surface area (Å²) < 4.78 is 0. The second-order valence-corrected chi connectivity index (χ2v) is 5.26. The monoisotopic (exact) mass is 303 g/mol. The van der Waals surface area contributed by atoms with Gasteiger partial charge in [-0.2, -0.15) is 0 Å². The van der Waals surface area contributed by atoms with Crippen molar-refractivity contribution in [3.05, 3.63) is 52.2 Å². The lowest BCUT2D eigenvalue weighted by molar-refractivity contribution is 0.102. The molecule has 0 spiro atoms. The molecule has 2 rings (SSSR count). The highest BCUT2D eigenvalue weighted by atomic mass is 35.5. The third-order valence-electron chi connectivity index (χ3n) is 2.94. The first-order valence-corrected chi connectivity index (χ1v) is 7.17. The minimum absolute atomic E-state index is 0.202. The van der Waals surface area contributed by atoms with E-state index in [1.807, 2.05) is 32.9 Å². The van der Waals surface area contributed by atoms with E-state index in [0.29, 0.717) is 22.1 Å². The Balaban J connectivity index is 2.25. The summed E-state index contributed by atoms with van der Waals surface area (Å²) in [6.07, 6.45) is 0. The van der Waals surface area contributed by atoms with Gasteiger partial charge in [0.25, 0.3) is 5.91 Å². The SMILES string of the molecule is CCNc1cc(C(=O)Nc2cc(C)ccc2Cl)cc(C)n1. The van der Waals surface area contributed by atoms with Crippen LogP contribution >= 0.6 is 11.6 Å². The number of halogens is 1. The molecule has 1 amide bonds. The van der Waals surface area contributed by atoms with Crippen LogP contribution in [-0.4, -0.2) is 17.4 Å². The molecule has 1 aromatic heterocycles. The second-order valence-electron chi connectivity index (χ2n) is 4.85. The van der Waals surface area contributed by atoms with Crippen molar-refractivity contribution < 1.29 is 4.79 Å². The van der Waals surface area contributed by atoms with Crippen LogP contribution in [0.5, 0.6) is 0 Å². The van der Waals surface area contributed by atoms with Crippen molar-refractivity contribution in [2.24, 2.45) is 0 Å². The Hall–Kier alpha value is -2.07. The fourth-order valence-corrected chi connectivity index (χ4v) is 2.17. The van der Waals surface area contributed by atoms with Gasteiger partial charge in [-0.15, -0.1) is 0 Å². The highest BCUT2D eigenvalue weighted by molar-refractivity contribution is 6.34. The first-order valence-electron chi connectivity index (χ1n) is 6.79. The number of aryl methyl sites for hydroxylation is 2. The standard InChI is InChI=1S/C16H18ClN3O/c1-4-18-15-9-12(8-11(3)19-15)16(21)20-14-7-10(2)5-6-13(14)17/h5-9H,4H2,1-3H3,(H,18,19)(H,20,21). The van der Waals surface area contributed by atoms with Crippen LogP contribution in [0.1, 0.15) is 28.5 Å². The zero-order chi connectivity index (χ0) is 15.4. The van der Waals surface area contributed by atoms with Crippen LogP contribution in [0.25, 0.3) is 0 Å². The lowest BCUT2D eigenvalue weighted by atomic mass is 10.2. The van der Waals surface area contributed by atoms with Gasteiger partial charge < -0.3 is 10.6 Å². The molecule has 0 aliphatic rings. The summed E-state index contributed by atoms with van der Waals surface area (Å²) in [5.74, 6) is 0.491. The van der Waals surface area contributed by atoms with E-state index in [4.69, 9.17) is 11.6 Å². The molecule has 0 atom stereocenters. The predicted molar refractivity (Wildman–Crippen MR) is 87.3 cm³/mol. The van der Waals surface area contributed by atoms with E-state index in [1.54, 1.807) is 18.2 Å². The van der Waals surface area contributed by atoms with Gasteiger partial charge >= 0.3 is 0 Å². The fraction of sp³-hybridized carbons (Fsp3) is 0.250. The number of hydrogen-bond acceptors (Lipinski definition) is 3. The minimum Gasteiger partial charge on any atom is -0.370 e. The number of pyridine rings is 1. The Morgan fingerprint density at radius 1 is 1.24 bits per heavy atom. The lowest BCUT2D eigenvalue weighted by Gasteiger charge is -2.10. The van der Waals surface area contributed by atoms with Crippen molar-refractivity contribution in [3.63, 3.8) is 0 Å². The van der Waals surface area contributed by atoms with Gasteiger partial charge in [0.15, 0.2) is 0 Å². The average Bonchev–Trinajstić information content (AvgIpc) is 2.42. The third-order valence-corrected chi connectivity index (χ3v) is 3.27. The van der Waals surface area contributed by atoms with Gasteiger partial charge in [0.2, 0.25) is 0 Å². The van der Waals surface area contributed by atoms with Crippen LogP contribution in [-0.2, 0) is 0 Å². The van der Waals surface area contributed by atoms with Crippen molar-refractivity contribution in [3.8, 4) is 0 Å². The van der Waals surface area contributed by atoms with E-state index >= 15 is 0 Å². The number of aromatic nitrogens is 1. The molecule has 0 fully saturated rings. The Kier molecular flexibility index (Phi) is 4.81. The summed E-state index contributed by atoms with van der Waals surface area (Å²) in [5, 5.41) is 6.47. The number of carbonyl (C=O) groups excluding carboxylic acids is 1. The molecule has 0 radical (unpaired) electrons. The first-order chi connectivity index (χ1) is 9.99. The third kappa shape index (κ3) is 3.95. The van der Waals surface area contributed by atoms with Crippen molar-refractivity contribution in [2.45, 2.75) is 20.8 Å². The summed E-state index contributed by atoms with van der Waals surface area (Å²) in [6, 6.07) is 9.00. The van der Waals surface area contributed by atoms with Gasteiger partial charge in [-0.05, 0) is 50.6 Å². The normalized spacial score (nSPS) is 10.3. The largest absolute Gasteiger partial charge is 0.370 e. The van der Waals surface area contributed by atoms with Crippen molar-refractivity contribution in [1.82, 2.24) is 4.98 Å². The van der Waals surface area contributed by atoms with Gasteiger partial charge in [0.1, 0.15) is 5.82 Å². The summed E-state index contributed by atoms with van der Waals surface area (Å²) in [7, 11) is 0. The van der Waals surface area contributed by atoms with E-state index in [1.165, 1.54) is 0 Å². The molecule has 4 nitrogen and oxygen atoms in total. The maximum absolute atomic E-state index is 12.4. The quantitative estimate of drug-likeness (QED) is 0.896. The van der Waals surface area contributed by atoms with Crippen LogP contribution in [0.3, 0.4) is 0 Å². The molecule has 0 bridgehead atoms. The molecule has 1 aromatic carbocycles. The summed E-state index contributed by atoms with van der Waals surface area (Å²) in [6.45, 7) is 6.54. The Morgan fingerprint density at radius 2 is 2.00 bits per heavy atom. The molecule has 0 aliphatic heterocycles. The lowest BCUT2D eigenvalue weighted by Crippen LogP contribution is -2.14. The summed E-state index contributed by atoms with van der Waals surface area (Å²) in [5.41, 5.74) is 2.99. The number of carbonyl (C=O) groups is 1. The Morgan fingerprint density at radius 3 is 2.71 bits per heavy atom. The molecular weight excluding hydrogens is 286 g/mol. The second kappa shape index (κ2) is 6.59. The topological polar surface area (TPSA) is 54.0 Å². The van der Waals surface area contributed by atoms with Gasteiger partial charge in [-0.25, -0.2) is 4.98 Å². The zero-order valence-electron chi connectivity index (χ0n) is 12.3. The van der Waals surface area contributed by atoms with Crippen molar-refractivity contribution in [1.29, 1.82) is 0 Å². The summed E-state index contributed by atoms with van der Waals surface area (Å²) >= 11 is 6.10. The molecular formula is C16H18ClN3O. The van der Waals surface area contributed by atoms with Gasteiger partial charge in [0.05, 0.1) is 10.7 Å². The molecule has 2 N–H and O–H groups in total. The van der Waals surface area contributed by atoms with Gasteiger partial charge in [-0.3, -0.25) is 4.79 Å². The van der Waals surface area contributed by atoms with Crippen LogP contribution in [0.15, 0.2) is 30.3 Å². The van der Waals surface area contributed by atoms with Crippen molar-refractivity contribution in [2.75, 3.05) is 17.2 Å². The molecule has 0 unspecified atom stereocenters. The molecule has 1 heterocycles. The highest BCUT2D eigenvalue weighted by Gasteiger charge is 2.11. The number of nitrogens with zero attached hydrogens (tertiary/aromatic N) is 1. The minimum atomic E-state index is -0.202. The average molecular weight is 304 g/mol. The van der Waals surface area contributed by atoms with E-state index < -0.39 is 0 Å². The number of nitrogens with one attached hydrogen (secondary N) is 2. The molecule has 0 aliphatic carbocycles. The van der Waals surface area contributed by atoms with E-state index in [9.17, 15) is 4.79 Å². The maximum Gasteiger partial charge on any atom is 0.255 e. The van der Waals surface area contributed by atoms with Crippen molar-refractivity contribution >= 4 is 29.0 Å². The van der Waals surface area contributed by atoms with E-state index in [-0.39, 0.29) is 5.91 Å². The molecule has 21 heavy (non-hydrogen) atoms. The van der Waals surface area contributed by atoms with Gasteiger partial charge in [-0.1, -0.05) is 17.7 Å². The molecule has 5 heteroatoms. The summed E-state index contributed by atoms with van der Waals surface area (Å²) in [4.78, 5) is 16.7. The van der Waals surface area contributed by atoms with Gasteiger partial charge in [0, 0.05) is 17.8 Å². The predicted octanol–water partition coefficient (Wildman–Crippen LogP) is 4.04. The highest BCUT2D eigenvalue weighted by Crippen LogP contribution is 2.23. The van der Waals surface area contributed by atoms with Crippen LogP contribution in [0.4, 0.5) is 11.5 Å². The zero-order valence-corrected chi connectivity index (χ0v) is 13.1. The molecule has 0 saturated carbocycles. The number of anilines is 2. The van der Waals surface area contributed by atoms with E-state index in [0.717, 1.165) is 17.8 Å². The molecule has 110 valence electrons. The first kappa shape index (κ1) is 15.3. The number of hydrogen-bond donors (Lipinski definition) is 2. The van der Waals surface area contributed by atoms with Crippen LogP contribution in [0.2, 0.25) is 5.02 Å². The smallest absolute Gasteiger partial charge is 0.255 e. The van der Waals surface area contributed by atoms with Crippen LogP contribution in [0, 0.1) is 13.8 Å². The Labute approximate surface area is 129 Å². The Bertz CT molecular complexity index is 671. The number of amides is 1. The molecule has 2 aromatic rings. The molecule has 0 saturated heterocycles. The van der Waals surface area contributed by atoms with E-state index in [2.05, 4.69) is 15.6 Å². The number of benzene rings is 1. The fourth-order valence-electron chi connectivity index (χ4n) is 2.00. The number of rotatable bonds is 4.